The second-order valence-corrected chi connectivity index (χ2v) is 8.53. The summed E-state index contributed by atoms with van der Waals surface area (Å²) in [5.74, 6) is -1.65. The van der Waals surface area contributed by atoms with Gasteiger partial charge in [-0.25, -0.2) is 12.8 Å². The van der Waals surface area contributed by atoms with Crippen LogP contribution in [-0.2, 0) is 10.0 Å². The van der Waals surface area contributed by atoms with Crippen molar-refractivity contribution in [3.63, 3.8) is 0 Å². The number of carbonyl (C=O) groups excluding carboxylic acids is 1. The van der Waals surface area contributed by atoms with Crippen molar-refractivity contribution < 1.29 is 27.3 Å². The number of nitro benzene ring substituents is 1. The molecule has 0 saturated carbocycles. The normalized spacial score (nSPS) is 11.0. The molecule has 0 heterocycles. The smallest absolute Gasteiger partial charge is 0.295 e. The first-order valence-electron chi connectivity index (χ1n) is 9.34. The van der Waals surface area contributed by atoms with Gasteiger partial charge in [0.2, 0.25) is 0 Å². The Morgan fingerprint density at radius 3 is 2.52 bits per heavy atom. The van der Waals surface area contributed by atoms with Crippen LogP contribution in [0.4, 0.5) is 27.1 Å². The first-order valence-corrected chi connectivity index (χ1v) is 10.8. The summed E-state index contributed by atoms with van der Waals surface area (Å²) >= 11 is 0. The summed E-state index contributed by atoms with van der Waals surface area (Å²) < 4.78 is 47.3. The number of nitrogen functional groups attached to an aromatic ring is 1. The van der Waals surface area contributed by atoms with Crippen molar-refractivity contribution in [1.82, 2.24) is 0 Å². The molecule has 0 aliphatic rings. The minimum absolute atomic E-state index is 0.0531. The number of amides is 1. The fraction of sp³-hybridized carbons (Fsp3) is 0.0952. The molecule has 1 amide bonds. The number of hydrogen-bond donors (Lipinski definition) is 3. The van der Waals surface area contributed by atoms with Gasteiger partial charge in [0.05, 0.1) is 34.2 Å². The molecule has 0 aromatic heterocycles. The number of benzene rings is 3. The van der Waals surface area contributed by atoms with Crippen molar-refractivity contribution in [3.8, 4) is 5.75 Å². The van der Waals surface area contributed by atoms with E-state index in [-0.39, 0.29) is 16.3 Å². The monoisotopic (exact) mass is 474 g/mol. The van der Waals surface area contributed by atoms with Crippen molar-refractivity contribution in [2.45, 2.75) is 11.8 Å². The number of nitrogens with two attached hydrogens (primary N) is 1. The zero-order chi connectivity index (χ0) is 24.3. The Morgan fingerprint density at radius 2 is 1.85 bits per heavy atom. The molecule has 3 rings (SSSR count). The third-order valence-electron chi connectivity index (χ3n) is 4.65. The van der Waals surface area contributed by atoms with E-state index in [0.717, 1.165) is 6.07 Å². The van der Waals surface area contributed by atoms with Crippen LogP contribution in [0.2, 0.25) is 0 Å². The van der Waals surface area contributed by atoms with Gasteiger partial charge in [-0.2, -0.15) is 0 Å². The van der Waals surface area contributed by atoms with E-state index in [1.165, 1.54) is 31.4 Å². The Bertz CT molecular complexity index is 1360. The van der Waals surface area contributed by atoms with Crippen molar-refractivity contribution in [2.24, 2.45) is 0 Å². The molecule has 0 aliphatic heterocycles. The maximum atomic E-state index is 13.8. The van der Waals surface area contributed by atoms with Crippen molar-refractivity contribution >= 4 is 38.7 Å². The Balaban J connectivity index is 1.94. The summed E-state index contributed by atoms with van der Waals surface area (Å²) in [4.78, 5) is 22.6. The van der Waals surface area contributed by atoms with E-state index in [4.69, 9.17) is 10.5 Å². The van der Waals surface area contributed by atoms with Gasteiger partial charge in [-0.05, 0) is 42.8 Å². The lowest BCUT2D eigenvalue weighted by molar-refractivity contribution is -0.384. The molecule has 3 aromatic rings. The molecule has 0 saturated heterocycles. The summed E-state index contributed by atoms with van der Waals surface area (Å²) in [6, 6.07) is 11.9. The first-order chi connectivity index (χ1) is 15.5. The molecular weight excluding hydrogens is 455 g/mol. The van der Waals surface area contributed by atoms with Crippen LogP contribution in [0.5, 0.6) is 5.75 Å². The molecule has 4 N–H and O–H groups in total. The maximum Gasteiger partial charge on any atom is 0.295 e. The van der Waals surface area contributed by atoms with Crippen LogP contribution >= 0.6 is 0 Å². The van der Waals surface area contributed by atoms with Crippen LogP contribution in [0.3, 0.4) is 0 Å². The largest absolute Gasteiger partial charge is 0.495 e. The highest BCUT2D eigenvalue weighted by molar-refractivity contribution is 7.92. The lowest BCUT2D eigenvalue weighted by Gasteiger charge is -2.15. The number of sulfonamides is 1. The summed E-state index contributed by atoms with van der Waals surface area (Å²) in [7, 11) is -2.69. The highest BCUT2D eigenvalue weighted by Gasteiger charge is 2.23. The molecule has 12 heteroatoms. The number of nitro groups is 1. The van der Waals surface area contributed by atoms with E-state index < -0.39 is 43.6 Å². The van der Waals surface area contributed by atoms with E-state index in [1.54, 1.807) is 25.1 Å². The van der Waals surface area contributed by atoms with Gasteiger partial charge < -0.3 is 15.8 Å². The van der Waals surface area contributed by atoms with Crippen molar-refractivity contribution in [1.29, 1.82) is 0 Å². The number of anilines is 3. The van der Waals surface area contributed by atoms with Gasteiger partial charge in [-0.1, -0.05) is 18.2 Å². The minimum Gasteiger partial charge on any atom is -0.495 e. The molecule has 0 unspecified atom stereocenters. The van der Waals surface area contributed by atoms with E-state index >= 15 is 0 Å². The maximum absolute atomic E-state index is 13.8. The highest BCUT2D eigenvalue weighted by atomic mass is 32.2. The standard InChI is InChI=1S/C21H19FN4O6S/c1-12-7-8-14(24-21(27)15-9-13(22)10-17(20(15)23)26(28)29)11-19(12)33(30,31)25-16-5-3-4-6-18(16)32-2/h3-11,25H,23H2,1-2H3,(H,24,27). The van der Waals surface area contributed by atoms with Gasteiger partial charge in [0.1, 0.15) is 17.3 Å². The molecule has 0 fully saturated rings. The molecule has 33 heavy (non-hydrogen) atoms. The molecule has 10 nitrogen and oxygen atoms in total. The van der Waals surface area contributed by atoms with Gasteiger partial charge in [-0.3, -0.25) is 19.6 Å². The van der Waals surface area contributed by atoms with E-state index in [9.17, 15) is 27.7 Å². The van der Waals surface area contributed by atoms with E-state index in [1.807, 2.05) is 0 Å². The number of nitrogens with one attached hydrogen (secondary N) is 2. The van der Waals surface area contributed by atoms with E-state index in [0.29, 0.717) is 17.4 Å². The van der Waals surface area contributed by atoms with Gasteiger partial charge in [0.15, 0.2) is 0 Å². The topological polar surface area (TPSA) is 154 Å². The number of rotatable bonds is 7. The summed E-state index contributed by atoms with van der Waals surface area (Å²) in [6.45, 7) is 1.57. The second kappa shape index (κ2) is 9.12. The van der Waals surface area contributed by atoms with Crippen LogP contribution in [-0.4, -0.2) is 26.4 Å². The molecule has 0 radical (unpaired) electrons. The predicted molar refractivity (Wildman–Crippen MR) is 120 cm³/mol. The van der Waals surface area contributed by atoms with Gasteiger partial charge in [0.25, 0.3) is 21.6 Å². The molecular formula is C21H19FN4O6S. The molecule has 172 valence electrons. The number of methoxy groups -OCH3 is 1. The number of nitrogens with zero attached hydrogens (tertiary/aromatic N) is 1. The van der Waals surface area contributed by atoms with Crippen LogP contribution < -0.4 is 20.5 Å². The van der Waals surface area contributed by atoms with Gasteiger partial charge in [0, 0.05) is 5.69 Å². The number of carbonyl (C=O) groups is 1. The Kier molecular flexibility index (Phi) is 6.49. The third-order valence-corrected chi connectivity index (χ3v) is 6.16. The van der Waals surface area contributed by atoms with E-state index in [2.05, 4.69) is 10.0 Å². The lowest BCUT2D eigenvalue weighted by atomic mass is 10.1. The number of halogens is 1. The van der Waals surface area contributed by atoms with Gasteiger partial charge in [-0.15, -0.1) is 0 Å². The zero-order valence-electron chi connectivity index (χ0n) is 17.5. The quantitative estimate of drug-likeness (QED) is 0.268. The van der Waals surface area contributed by atoms with Gasteiger partial charge >= 0.3 is 0 Å². The van der Waals surface area contributed by atoms with Crippen molar-refractivity contribution in [3.05, 3.63) is 81.7 Å². The summed E-state index contributed by atoms with van der Waals surface area (Å²) in [5.41, 5.74) is 4.58. The Morgan fingerprint density at radius 1 is 1.15 bits per heavy atom. The first kappa shape index (κ1) is 23.5. The van der Waals surface area contributed by atoms with Crippen molar-refractivity contribution in [2.75, 3.05) is 22.9 Å². The molecule has 0 spiro atoms. The summed E-state index contributed by atoms with van der Waals surface area (Å²) in [5, 5.41) is 13.4. The third kappa shape index (κ3) is 5.01. The van der Waals surface area contributed by atoms with Crippen LogP contribution in [0.1, 0.15) is 15.9 Å². The average Bonchev–Trinajstić information content (AvgIpc) is 2.76. The molecule has 0 atom stereocenters. The average molecular weight is 474 g/mol. The highest BCUT2D eigenvalue weighted by Crippen LogP contribution is 2.30. The Hall–Kier alpha value is -4.19. The fourth-order valence-electron chi connectivity index (χ4n) is 3.04. The predicted octanol–water partition coefficient (Wildman–Crippen LogP) is 3.69. The number of ether oxygens (including phenoxy) is 1. The molecule has 0 aliphatic carbocycles. The SMILES string of the molecule is COc1ccccc1NS(=O)(=O)c1cc(NC(=O)c2cc(F)cc([N+](=O)[O-])c2N)ccc1C. The Labute approximate surface area is 188 Å². The lowest BCUT2D eigenvalue weighted by Crippen LogP contribution is -2.18. The van der Waals surface area contributed by atoms with Crippen LogP contribution in [0.25, 0.3) is 0 Å². The van der Waals surface area contributed by atoms with Crippen LogP contribution in [0.15, 0.2) is 59.5 Å². The fourth-order valence-corrected chi connectivity index (χ4v) is 4.38. The molecule has 3 aromatic carbocycles. The summed E-state index contributed by atoms with van der Waals surface area (Å²) in [6.07, 6.45) is 0. The second-order valence-electron chi connectivity index (χ2n) is 6.88. The van der Waals surface area contributed by atoms with Crippen LogP contribution in [0, 0.1) is 22.9 Å². The zero-order valence-corrected chi connectivity index (χ0v) is 18.3. The number of hydrogen-bond acceptors (Lipinski definition) is 7. The number of para-hydroxylation sites is 2. The molecule has 0 bridgehead atoms. The minimum atomic E-state index is -4.09. The number of aryl methyl sites for hydroxylation is 1.